The molecule has 0 aliphatic rings. The van der Waals surface area contributed by atoms with Gasteiger partial charge in [-0.25, -0.2) is 9.97 Å². The summed E-state index contributed by atoms with van der Waals surface area (Å²) in [5.74, 6) is 0.627. The molecule has 0 unspecified atom stereocenters. The van der Waals surface area contributed by atoms with Crippen LogP contribution in [0.3, 0.4) is 0 Å². The summed E-state index contributed by atoms with van der Waals surface area (Å²) in [4.78, 5) is 11.2. The van der Waals surface area contributed by atoms with E-state index in [1.807, 2.05) is 26.0 Å². The second-order valence-corrected chi connectivity index (χ2v) is 3.95. The fraction of sp³-hybridized carbons (Fsp3) is 0.333. The van der Waals surface area contributed by atoms with Crippen LogP contribution < -0.4 is 10.1 Å². The first-order valence-corrected chi connectivity index (χ1v) is 5.58. The highest BCUT2D eigenvalue weighted by Gasteiger charge is 2.06. The van der Waals surface area contributed by atoms with Crippen molar-refractivity contribution in [3.05, 3.63) is 36.5 Å². The number of nitrogens with one attached hydrogen (secondary N) is 2. The van der Waals surface area contributed by atoms with Gasteiger partial charge in [-0.3, -0.25) is 0 Å². The summed E-state index contributed by atoms with van der Waals surface area (Å²) in [6.45, 7) is 4.63. The topological polar surface area (TPSA) is 62.8 Å². The minimum absolute atomic E-state index is 0.109. The smallest absolute Gasteiger partial charge is 0.237 e. The van der Waals surface area contributed by atoms with Crippen molar-refractivity contribution in [2.75, 3.05) is 5.32 Å². The van der Waals surface area contributed by atoms with Gasteiger partial charge < -0.3 is 15.0 Å². The Labute approximate surface area is 100 Å². The summed E-state index contributed by atoms with van der Waals surface area (Å²) in [5, 5.41) is 3.26. The highest BCUT2D eigenvalue weighted by molar-refractivity contribution is 5.52. The number of H-pyrrole nitrogens is 1. The van der Waals surface area contributed by atoms with Crippen LogP contribution in [0.1, 0.15) is 19.5 Å². The Kier molecular flexibility index (Phi) is 3.59. The van der Waals surface area contributed by atoms with E-state index >= 15 is 0 Å². The quantitative estimate of drug-likeness (QED) is 0.829. The van der Waals surface area contributed by atoms with Crippen molar-refractivity contribution in [2.45, 2.75) is 26.5 Å². The van der Waals surface area contributed by atoms with Crippen molar-refractivity contribution < 1.29 is 4.74 Å². The number of hydrogen-bond donors (Lipinski definition) is 2. The molecule has 2 aromatic heterocycles. The summed E-state index contributed by atoms with van der Waals surface area (Å²) < 4.78 is 5.62. The van der Waals surface area contributed by atoms with Crippen LogP contribution in [0.4, 0.5) is 5.69 Å². The fourth-order valence-electron chi connectivity index (χ4n) is 1.41. The molecule has 0 amide bonds. The largest absolute Gasteiger partial charge is 0.473 e. The van der Waals surface area contributed by atoms with Gasteiger partial charge in [0.25, 0.3) is 0 Å². The normalized spacial score (nSPS) is 10.5. The molecule has 0 aliphatic heterocycles. The summed E-state index contributed by atoms with van der Waals surface area (Å²) in [6, 6.07) is 3.82. The van der Waals surface area contributed by atoms with Crippen LogP contribution in [-0.4, -0.2) is 21.1 Å². The molecule has 0 radical (unpaired) electrons. The molecule has 0 saturated carbocycles. The summed E-state index contributed by atoms with van der Waals surface area (Å²) in [5.41, 5.74) is 1.90. The maximum atomic E-state index is 5.62. The minimum Gasteiger partial charge on any atom is -0.473 e. The van der Waals surface area contributed by atoms with Crippen molar-refractivity contribution in [1.82, 2.24) is 15.0 Å². The zero-order valence-electron chi connectivity index (χ0n) is 9.97. The van der Waals surface area contributed by atoms with Crippen molar-refractivity contribution >= 4 is 5.69 Å². The third kappa shape index (κ3) is 3.21. The number of anilines is 1. The van der Waals surface area contributed by atoms with Crippen molar-refractivity contribution in [3.8, 4) is 5.88 Å². The van der Waals surface area contributed by atoms with Gasteiger partial charge in [0.2, 0.25) is 5.88 Å². The van der Waals surface area contributed by atoms with Crippen LogP contribution in [0.15, 0.2) is 30.9 Å². The van der Waals surface area contributed by atoms with Gasteiger partial charge in [0.15, 0.2) is 0 Å². The number of hydrogen-bond acceptors (Lipinski definition) is 4. The zero-order chi connectivity index (χ0) is 12.1. The Hall–Kier alpha value is -2.04. The minimum atomic E-state index is 0.109. The third-order valence-corrected chi connectivity index (χ3v) is 2.14. The average molecular weight is 232 g/mol. The van der Waals surface area contributed by atoms with E-state index < -0.39 is 0 Å². The van der Waals surface area contributed by atoms with Crippen LogP contribution in [0.5, 0.6) is 5.88 Å². The van der Waals surface area contributed by atoms with E-state index in [-0.39, 0.29) is 6.10 Å². The van der Waals surface area contributed by atoms with Gasteiger partial charge in [-0.2, -0.15) is 0 Å². The van der Waals surface area contributed by atoms with E-state index in [1.165, 1.54) is 0 Å². The Morgan fingerprint density at radius 3 is 3.06 bits per heavy atom. The van der Waals surface area contributed by atoms with Gasteiger partial charge in [0, 0.05) is 12.4 Å². The van der Waals surface area contributed by atoms with Crippen LogP contribution in [0, 0.1) is 0 Å². The van der Waals surface area contributed by atoms with E-state index in [9.17, 15) is 0 Å². The van der Waals surface area contributed by atoms with Gasteiger partial charge in [-0.15, -0.1) is 0 Å². The monoisotopic (exact) mass is 232 g/mol. The first-order chi connectivity index (χ1) is 8.25. The van der Waals surface area contributed by atoms with Gasteiger partial charge >= 0.3 is 0 Å². The number of ether oxygens (including phenoxy) is 1. The van der Waals surface area contributed by atoms with E-state index in [4.69, 9.17) is 4.74 Å². The highest BCUT2D eigenvalue weighted by atomic mass is 16.5. The average Bonchev–Trinajstić information content (AvgIpc) is 2.80. The molecule has 5 heteroatoms. The predicted molar refractivity (Wildman–Crippen MR) is 65.9 cm³/mol. The molecule has 2 N–H and O–H groups in total. The van der Waals surface area contributed by atoms with E-state index in [2.05, 4.69) is 20.3 Å². The maximum absolute atomic E-state index is 5.62. The summed E-state index contributed by atoms with van der Waals surface area (Å²) >= 11 is 0. The van der Waals surface area contributed by atoms with Gasteiger partial charge in [-0.1, -0.05) is 0 Å². The molecule has 17 heavy (non-hydrogen) atoms. The molecule has 2 aromatic rings. The summed E-state index contributed by atoms with van der Waals surface area (Å²) in [7, 11) is 0. The Morgan fingerprint density at radius 1 is 1.47 bits per heavy atom. The van der Waals surface area contributed by atoms with Crippen LogP contribution in [0.2, 0.25) is 0 Å². The lowest BCUT2D eigenvalue weighted by molar-refractivity contribution is 0.234. The maximum Gasteiger partial charge on any atom is 0.237 e. The fourth-order valence-corrected chi connectivity index (χ4v) is 1.41. The SMILES string of the molecule is CC(C)Oc1ncccc1NCc1cnc[nH]1. The molecule has 2 rings (SSSR count). The third-order valence-electron chi connectivity index (χ3n) is 2.14. The Balaban J connectivity index is 2.04. The predicted octanol–water partition coefficient (Wildman–Crippen LogP) is 2.20. The number of aromatic amines is 1. The van der Waals surface area contributed by atoms with E-state index in [0.717, 1.165) is 11.4 Å². The van der Waals surface area contributed by atoms with Crippen LogP contribution >= 0.6 is 0 Å². The lowest BCUT2D eigenvalue weighted by Gasteiger charge is -2.13. The number of aromatic nitrogens is 3. The molecule has 0 fully saturated rings. The second-order valence-electron chi connectivity index (χ2n) is 3.95. The standard InChI is InChI=1S/C12H16N4O/c1-9(2)17-12-11(4-3-5-14-12)15-7-10-6-13-8-16-10/h3-6,8-9,15H,7H2,1-2H3,(H,13,16). The highest BCUT2D eigenvalue weighted by Crippen LogP contribution is 2.22. The molecule has 0 aliphatic carbocycles. The van der Waals surface area contributed by atoms with Gasteiger partial charge in [0.1, 0.15) is 0 Å². The molecule has 2 heterocycles. The lowest BCUT2D eigenvalue weighted by atomic mass is 10.3. The molecule has 0 aromatic carbocycles. The van der Waals surface area contributed by atoms with Crippen molar-refractivity contribution in [1.29, 1.82) is 0 Å². The molecule has 0 atom stereocenters. The molecule has 5 nitrogen and oxygen atoms in total. The Morgan fingerprint density at radius 2 is 2.35 bits per heavy atom. The van der Waals surface area contributed by atoms with Crippen molar-refractivity contribution in [2.24, 2.45) is 0 Å². The Bertz CT molecular complexity index is 453. The van der Waals surface area contributed by atoms with Gasteiger partial charge in [-0.05, 0) is 26.0 Å². The first-order valence-electron chi connectivity index (χ1n) is 5.58. The molecule has 90 valence electrons. The molecule has 0 spiro atoms. The number of nitrogens with zero attached hydrogens (tertiary/aromatic N) is 2. The molecule has 0 bridgehead atoms. The number of pyridine rings is 1. The van der Waals surface area contributed by atoms with Crippen molar-refractivity contribution in [3.63, 3.8) is 0 Å². The number of rotatable bonds is 5. The first kappa shape index (κ1) is 11.4. The number of imidazole rings is 1. The van der Waals surface area contributed by atoms with Crippen LogP contribution in [-0.2, 0) is 6.54 Å². The summed E-state index contributed by atoms with van der Waals surface area (Å²) in [6.07, 6.45) is 5.27. The van der Waals surface area contributed by atoms with E-state index in [1.54, 1.807) is 18.7 Å². The van der Waals surface area contributed by atoms with E-state index in [0.29, 0.717) is 12.4 Å². The lowest BCUT2D eigenvalue weighted by Crippen LogP contribution is -2.10. The van der Waals surface area contributed by atoms with Crippen LogP contribution in [0.25, 0.3) is 0 Å². The van der Waals surface area contributed by atoms with Gasteiger partial charge in [0.05, 0.1) is 30.4 Å². The molecular weight excluding hydrogens is 216 g/mol. The molecular formula is C12H16N4O. The second kappa shape index (κ2) is 5.34. The molecule has 0 saturated heterocycles. The zero-order valence-corrected chi connectivity index (χ0v) is 9.97.